The van der Waals surface area contributed by atoms with Crippen LogP contribution in [0.3, 0.4) is 0 Å². The fourth-order valence-electron chi connectivity index (χ4n) is 2.97. The highest BCUT2D eigenvalue weighted by Gasteiger charge is 2.23. The van der Waals surface area contributed by atoms with Crippen LogP contribution in [0.25, 0.3) is 9.81 Å². The normalized spacial score (nSPS) is 12.9. The Morgan fingerprint density at radius 1 is 1.00 bits per heavy atom. The number of thiol groups is 2. The van der Waals surface area contributed by atoms with Gasteiger partial charge in [-0.05, 0) is 35.6 Å². The molecule has 0 radical (unpaired) electrons. The number of hydrogen-bond donors (Lipinski definition) is 2. The van der Waals surface area contributed by atoms with Crippen molar-refractivity contribution in [3.05, 3.63) is 65.2 Å². The number of methoxy groups -OCH3 is 1. The van der Waals surface area contributed by atoms with Crippen LogP contribution < -0.4 is 4.74 Å². The van der Waals surface area contributed by atoms with Crippen molar-refractivity contribution in [1.29, 1.82) is 0 Å². The molecule has 2 nitrogen and oxygen atoms in total. The first-order valence-corrected chi connectivity index (χ1v) is 10.6. The molecule has 4 heteroatoms. The molecule has 0 unspecified atom stereocenters. The van der Waals surface area contributed by atoms with Gasteiger partial charge < -0.3 is 9.47 Å². The number of hydrogen-bond acceptors (Lipinski definition) is 4. The maximum absolute atomic E-state index is 6.13. The van der Waals surface area contributed by atoms with Crippen LogP contribution in [-0.2, 0) is 10.2 Å². The van der Waals surface area contributed by atoms with Crippen LogP contribution in [-0.4, -0.2) is 20.3 Å². The van der Waals surface area contributed by atoms with E-state index in [1.54, 1.807) is 7.11 Å². The Morgan fingerprint density at radius 3 is 2.29 bits per heavy atom. The van der Waals surface area contributed by atoms with Gasteiger partial charge in [-0.1, -0.05) is 64.1 Å². The van der Waals surface area contributed by atoms with Crippen molar-refractivity contribution in [3.63, 3.8) is 0 Å². The van der Waals surface area contributed by atoms with Crippen LogP contribution in [0.1, 0.15) is 50.8 Å². The van der Waals surface area contributed by atoms with Gasteiger partial charge in [0.15, 0.2) is 0 Å². The standard InChI is InChI=1S/C24H32O2S2/c1-17(2)13-14-26-21-12-11-19(24(3,4)16-25-5)15-20(21)23(28)22(27)18-9-7-6-8-10-18/h6-12,15,17,27-28H,13-14,16H2,1-5H3. The molecule has 0 atom stereocenters. The monoisotopic (exact) mass is 416 g/mol. The van der Waals surface area contributed by atoms with Crippen LogP contribution >= 0.6 is 25.3 Å². The van der Waals surface area contributed by atoms with Gasteiger partial charge in [0.05, 0.1) is 13.2 Å². The Bertz CT molecular complexity index is 796. The fourth-order valence-corrected chi connectivity index (χ4v) is 3.54. The van der Waals surface area contributed by atoms with Crippen LogP contribution in [0.2, 0.25) is 0 Å². The smallest absolute Gasteiger partial charge is 0.127 e. The van der Waals surface area contributed by atoms with Crippen LogP contribution in [0.4, 0.5) is 0 Å². The third kappa shape index (κ3) is 6.07. The Hall–Kier alpha value is -1.36. The van der Waals surface area contributed by atoms with Gasteiger partial charge in [0.2, 0.25) is 0 Å². The molecule has 0 bridgehead atoms. The molecule has 0 fully saturated rings. The topological polar surface area (TPSA) is 18.5 Å². The van der Waals surface area contributed by atoms with Gasteiger partial charge in [-0.2, -0.15) is 0 Å². The van der Waals surface area contributed by atoms with Crippen molar-refractivity contribution in [1.82, 2.24) is 0 Å². The van der Waals surface area contributed by atoms with E-state index in [1.807, 2.05) is 36.4 Å². The lowest BCUT2D eigenvalue weighted by Crippen LogP contribution is -2.23. The summed E-state index contributed by atoms with van der Waals surface area (Å²) in [5.74, 6) is 1.43. The number of ether oxygens (including phenoxy) is 2. The molecule has 0 saturated heterocycles. The maximum atomic E-state index is 6.13. The first-order chi connectivity index (χ1) is 13.3. The predicted octanol–water partition coefficient (Wildman–Crippen LogP) is 6.72. The van der Waals surface area contributed by atoms with Crippen molar-refractivity contribution < 1.29 is 9.47 Å². The quantitative estimate of drug-likeness (QED) is 0.349. The summed E-state index contributed by atoms with van der Waals surface area (Å²) >= 11 is 9.61. The second-order valence-corrected chi connectivity index (χ2v) is 9.02. The van der Waals surface area contributed by atoms with Crippen LogP contribution in [0.5, 0.6) is 5.75 Å². The molecule has 0 N–H and O–H groups in total. The molecule has 0 spiro atoms. The summed E-state index contributed by atoms with van der Waals surface area (Å²) in [6, 6.07) is 16.4. The average molecular weight is 417 g/mol. The average Bonchev–Trinajstić information content (AvgIpc) is 2.67. The largest absolute Gasteiger partial charge is 0.493 e. The number of rotatable bonds is 9. The van der Waals surface area contributed by atoms with Gasteiger partial charge in [0.25, 0.3) is 0 Å². The molecule has 0 heterocycles. The van der Waals surface area contributed by atoms with E-state index in [0.717, 1.165) is 33.1 Å². The zero-order valence-electron chi connectivity index (χ0n) is 17.5. The number of benzene rings is 2. The molecular formula is C24H32O2S2. The molecule has 2 aromatic carbocycles. The second-order valence-electron chi connectivity index (χ2n) is 8.12. The minimum Gasteiger partial charge on any atom is -0.493 e. The fraction of sp³-hybridized carbons (Fsp3) is 0.417. The molecule has 0 aliphatic carbocycles. The van der Waals surface area contributed by atoms with Crippen molar-refractivity contribution in [2.75, 3.05) is 20.3 Å². The van der Waals surface area contributed by atoms with Crippen molar-refractivity contribution >= 4 is 35.1 Å². The first-order valence-electron chi connectivity index (χ1n) is 9.70. The van der Waals surface area contributed by atoms with Crippen molar-refractivity contribution in [2.45, 2.75) is 39.5 Å². The zero-order chi connectivity index (χ0) is 20.7. The molecule has 28 heavy (non-hydrogen) atoms. The summed E-state index contributed by atoms with van der Waals surface area (Å²) in [6.07, 6.45) is 1.01. The zero-order valence-corrected chi connectivity index (χ0v) is 19.3. The van der Waals surface area contributed by atoms with Crippen LogP contribution in [0.15, 0.2) is 48.5 Å². The molecule has 152 valence electrons. The Kier molecular flexibility index (Phi) is 8.54. The van der Waals surface area contributed by atoms with E-state index >= 15 is 0 Å². The van der Waals surface area contributed by atoms with E-state index in [1.165, 1.54) is 5.56 Å². The van der Waals surface area contributed by atoms with Gasteiger partial charge in [-0.3, -0.25) is 0 Å². The Balaban J connectivity index is 2.49. The molecule has 0 aromatic heterocycles. The highest BCUT2D eigenvalue weighted by Crippen LogP contribution is 2.39. The highest BCUT2D eigenvalue weighted by molar-refractivity contribution is 7.96. The molecule has 2 rings (SSSR count). The van der Waals surface area contributed by atoms with E-state index in [0.29, 0.717) is 19.1 Å². The minimum atomic E-state index is -0.114. The summed E-state index contributed by atoms with van der Waals surface area (Å²) in [5, 5.41) is 0. The lowest BCUT2D eigenvalue weighted by molar-refractivity contribution is 0.146. The third-order valence-corrected chi connectivity index (χ3v) is 5.87. The van der Waals surface area contributed by atoms with Gasteiger partial charge >= 0.3 is 0 Å². The SMILES string of the molecule is COCC(C)(C)c1ccc(OCCC(C)C)c(C(S)=C(S)c2ccccc2)c1. The lowest BCUT2D eigenvalue weighted by atomic mass is 9.84. The summed E-state index contributed by atoms with van der Waals surface area (Å²) in [7, 11) is 1.73. The molecule has 0 amide bonds. The van der Waals surface area contributed by atoms with E-state index in [4.69, 9.17) is 34.7 Å². The van der Waals surface area contributed by atoms with Crippen LogP contribution in [0, 0.1) is 5.92 Å². The van der Waals surface area contributed by atoms with Gasteiger partial charge in [0.1, 0.15) is 5.75 Å². The molecule has 0 aliphatic heterocycles. The molecule has 2 aromatic rings. The lowest BCUT2D eigenvalue weighted by Gasteiger charge is -2.26. The summed E-state index contributed by atoms with van der Waals surface area (Å²) in [4.78, 5) is 1.64. The van der Waals surface area contributed by atoms with E-state index in [2.05, 4.69) is 39.8 Å². The highest BCUT2D eigenvalue weighted by atomic mass is 32.1. The van der Waals surface area contributed by atoms with Crippen molar-refractivity contribution in [2.24, 2.45) is 5.92 Å². The molecule has 0 saturated carbocycles. The second kappa shape index (κ2) is 10.4. The molecular weight excluding hydrogens is 384 g/mol. The van der Waals surface area contributed by atoms with Crippen molar-refractivity contribution in [3.8, 4) is 5.75 Å². The minimum absolute atomic E-state index is 0.114. The Labute approximate surface area is 181 Å². The predicted molar refractivity (Wildman–Crippen MR) is 128 cm³/mol. The first kappa shape index (κ1) is 22.9. The van der Waals surface area contributed by atoms with E-state index < -0.39 is 0 Å². The summed E-state index contributed by atoms with van der Waals surface area (Å²) in [6.45, 7) is 10.1. The third-order valence-electron chi connectivity index (χ3n) is 4.75. The summed E-state index contributed by atoms with van der Waals surface area (Å²) in [5.41, 5.74) is 3.06. The summed E-state index contributed by atoms with van der Waals surface area (Å²) < 4.78 is 11.6. The maximum Gasteiger partial charge on any atom is 0.127 e. The Morgan fingerprint density at radius 2 is 1.68 bits per heavy atom. The van der Waals surface area contributed by atoms with Gasteiger partial charge in [-0.25, -0.2) is 0 Å². The van der Waals surface area contributed by atoms with E-state index in [9.17, 15) is 0 Å². The van der Waals surface area contributed by atoms with E-state index in [-0.39, 0.29) is 5.41 Å². The van der Waals surface area contributed by atoms with Gasteiger partial charge in [-0.15, -0.1) is 25.3 Å². The van der Waals surface area contributed by atoms with Gasteiger partial charge in [0, 0.05) is 27.9 Å². The molecule has 0 aliphatic rings.